The molecular weight excluding hydrogens is 281 g/mol. The third-order valence-electron chi connectivity index (χ3n) is 3.58. The SMILES string of the molecule is Cc1ccc(F)cc1OCC1CCCN(S(C)(=O)=O)C1. The fraction of sp³-hybridized carbons (Fsp3) is 0.571. The molecule has 20 heavy (non-hydrogen) atoms. The summed E-state index contributed by atoms with van der Waals surface area (Å²) >= 11 is 0. The molecule has 112 valence electrons. The van der Waals surface area contributed by atoms with Gasteiger partial charge in [-0.05, 0) is 31.4 Å². The monoisotopic (exact) mass is 301 g/mol. The van der Waals surface area contributed by atoms with Crippen LogP contribution in [0.4, 0.5) is 4.39 Å². The van der Waals surface area contributed by atoms with Gasteiger partial charge in [-0.3, -0.25) is 0 Å². The molecule has 0 bridgehead atoms. The van der Waals surface area contributed by atoms with Crippen LogP contribution in [0.3, 0.4) is 0 Å². The first kappa shape index (κ1) is 15.3. The van der Waals surface area contributed by atoms with Gasteiger partial charge in [0.05, 0.1) is 12.9 Å². The maximum absolute atomic E-state index is 13.2. The minimum absolute atomic E-state index is 0.154. The molecule has 1 unspecified atom stereocenters. The highest BCUT2D eigenvalue weighted by atomic mass is 32.2. The molecule has 2 rings (SSSR count). The third kappa shape index (κ3) is 3.93. The van der Waals surface area contributed by atoms with Gasteiger partial charge in [-0.15, -0.1) is 0 Å². The van der Waals surface area contributed by atoms with Crippen molar-refractivity contribution in [2.75, 3.05) is 26.0 Å². The number of rotatable bonds is 4. The quantitative estimate of drug-likeness (QED) is 0.856. The maximum atomic E-state index is 13.2. The molecule has 1 aliphatic rings. The van der Waals surface area contributed by atoms with Crippen LogP contribution in [-0.2, 0) is 10.0 Å². The van der Waals surface area contributed by atoms with Gasteiger partial charge in [-0.2, -0.15) is 0 Å². The summed E-state index contributed by atoms with van der Waals surface area (Å²) in [5.41, 5.74) is 0.877. The number of halogens is 1. The van der Waals surface area contributed by atoms with Gasteiger partial charge in [-0.1, -0.05) is 6.07 Å². The molecule has 1 aromatic rings. The van der Waals surface area contributed by atoms with Gasteiger partial charge >= 0.3 is 0 Å². The molecule has 0 radical (unpaired) electrons. The van der Waals surface area contributed by atoms with Crippen LogP contribution >= 0.6 is 0 Å². The van der Waals surface area contributed by atoms with E-state index in [-0.39, 0.29) is 11.7 Å². The van der Waals surface area contributed by atoms with Crippen LogP contribution in [0.25, 0.3) is 0 Å². The van der Waals surface area contributed by atoms with Crippen LogP contribution in [0.5, 0.6) is 5.75 Å². The van der Waals surface area contributed by atoms with Gasteiger partial charge in [0.15, 0.2) is 0 Å². The molecule has 0 aromatic heterocycles. The summed E-state index contributed by atoms with van der Waals surface area (Å²) < 4.78 is 43.4. The van der Waals surface area contributed by atoms with E-state index in [0.717, 1.165) is 18.4 Å². The number of hydrogen-bond donors (Lipinski definition) is 0. The third-order valence-corrected chi connectivity index (χ3v) is 4.85. The lowest BCUT2D eigenvalue weighted by Gasteiger charge is -2.30. The van der Waals surface area contributed by atoms with E-state index in [0.29, 0.717) is 25.4 Å². The van der Waals surface area contributed by atoms with Crippen LogP contribution in [0.15, 0.2) is 18.2 Å². The van der Waals surface area contributed by atoms with Crippen molar-refractivity contribution in [2.45, 2.75) is 19.8 Å². The molecule has 1 saturated heterocycles. The summed E-state index contributed by atoms with van der Waals surface area (Å²) in [7, 11) is -3.14. The van der Waals surface area contributed by atoms with Crippen molar-refractivity contribution >= 4 is 10.0 Å². The van der Waals surface area contributed by atoms with Gasteiger partial charge in [0, 0.05) is 25.1 Å². The Morgan fingerprint density at radius 3 is 2.90 bits per heavy atom. The van der Waals surface area contributed by atoms with Crippen molar-refractivity contribution < 1.29 is 17.5 Å². The standard InChI is InChI=1S/C14H20FNO3S/c1-11-5-6-13(15)8-14(11)19-10-12-4-3-7-16(9-12)20(2,17)18/h5-6,8,12H,3-4,7,9-10H2,1-2H3. The average molecular weight is 301 g/mol. The van der Waals surface area contributed by atoms with Gasteiger partial charge in [-0.25, -0.2) is 17.1 Å². The minimum atomic E-state index is -3.14. The van der Waals surface area contributed by atoms with E-state index in [4.69, 9.17) is 4.74 Å². The smallest absolute Gasteiger partial charge is 0.211 e. The molecular formula is C14H20FNO3S. The van der Waals surface area contributed by atoms with Gasteiger partial charge in [0.2, 0.25) is 10.0 Å². The van der Waals surface area contributed by atoms with E-state index in [1.54, 1.807) is 6.07 Å². The molecule has 0 spiro atoms. The zero-order chi connectivity index (χ0) is 14.8. The average Bonchev–Trinajstić information content (AvgIpc) is 2.39. The first-order chi connectivity index (χ1) is 9.36. The predicted molar refractivity (Wildman–Crippen MR) is 75.8 cm³/mol. The topological polar surface area (TPSA) is 46.6 Å². The van der Waals surface area contributed by atoms with Crippen LogP contribution in [0.2, 0.25) is 0 Å². The number of hydrogen-bond acceptors (Lipinski definition) is 3. The summed E-state index contributed by atoms with van der Waals surface area (Å²) in [5, 5.41) is 0. The normalized spacial score (nSPS) is 20.9. The molecule has 0 aliphatic carbocycles. The Hall–Kier alpha value is -1.14. The Morgan fingerprint density at radius 1 is 1.45 bits per heavy atom. The first-order valence-electron chi connectivity index (χ1n) is 6.70. The number of nitrogens with zero attached hydrogens (tertiary/aromatic N) is 1. The van der Waals surface area contributed by atoms with Crippen molar-refractivity contribution in [3.8, 4) is 5.75 Å². The Kier molecular flexibility index (Phi) is 4.65. The molecule has 1 atom stereocenters. The summed E-state index contributed by atoms with van der Waals surface area (Å²) in [6.45, 7) is 3.33. The van der Waals surface area contributed by atoms with Crippen LogP contribution in [0.1, 0.15) is 18.4 Å². The van der Waals surface area contributed by atoms with Crippen molar-refractivity contribution in [3.05, 3.63) is 29.6 Å². The van der Waals surface area contributed by atoms with E-state index in [1.165, 1.54) is 22.7 Å². The first-order valence-corrected chi connectivity index (χ1v) is 8.55. The molecule has 0 N–H and O–H groups in total. The van der Waals surface area contributed by atoms with Crippen LogP contribution in [-0.4, -0.2) is 38.7 Å². The number of benzene rings is 1. The second-order valence-electron chi connectivity index (χ2n) is 5.35. The molecule has 1 aliphatic heterocycles. The van der Waals surface area contributed by atoms with E-state index in [2.05, 4.69) is 0 Å². The van der Waals surface area contributed by atoms with Gasteiger partial charge in [0.25, 0.3) is 0 Å². The molecule has 0 amide bonds. The highest BCUT2D eigenvalue weighted by Gasteiger charge is 2.26. The largest absolute Gasteiger partial charge is 0.493 e. The molecule has 6 heteroatoms. The highest BCUT2D eigenvalue weighted by Crippen LogP contribution is 2.23. The Labute approximate surface area is 119 Å². The summed E-state index contributed by atoms with van der Waals surface area (Å²) in [4.78, 5) is 0. The lowest BCUT2D eigenvalue weighted by Crippen LogP contribution is -2.40. The van der Waals surface area contributed by atoms with Crippen LogP contribution in [0, 0.1) is 18.7 Å². The molecule has 1 aromatic carbocycles. The number of piperidine rings is 1. The summed E-state index contributed by atoms with van der Waals surface area (Å²) in [6.07, 6.45) is 3.00. The molecule has 1 heterocycles. The fourth-order valence-corrected chi connectivity index (χ4v) is 3.34. The molecule has 0 saturated carbocycles. The van der Waals surface area contributed by atoms with Crippen molar-refractivity contribution in [1.82, 2.24) is 4.31 Å². The lowest BCUT2D eigenvalue weighted by molar-refractivity contribution is 0.179. The zero-order valence-electron chi connectivity index (χ0n) is 11.8. The second-order valence-corrected chi connectivity index (χ2v) is 7.33. The fourth-order valence-electron chi connectivity index (χ4n) is 2.40. The van der Waals surface area contributed by atoms with E-state index in [1.807, 2.05) is 6.92 Å². The van der Waals surface area contributed by atoms with E-state index in [9.17, 15) is 12.8 Å². The van der Waals surface area contributed by atoms with Gasteiger partial charge < -0.3 is 4.74 Å². The Morgan fingerprint density at radius 2 is 2.20 bits per heavy atom. The summed E-state index contributed by atoms with van der Waals surface area (Å²) in [6, 6.07) is 4.44. The minimum Gasteiger partial charge on any atom is -0.493 e. The van der Waals surface area contributed by atoms with Crippen molar-refractivity contribution in [1.29, 1.82) is 0 Å². The predicted octanol–water partition coefficient (Wildman–Crippen LogP) is 2.18. The van der Waals surface area contributed by atoms with E-state index >= 15 is 0 Å². The van der Waals surface area contributed by atoms with Gasteiger partial charge in [0.1, 0.15) is 11.6 Å². The Bertz CT molecular complexity index is 574. The number of sulfonamides is 1. The zero-order valence-corrected chi connectivity index (χ0v) is 12.6. The van der Waals surface area contributed by atoms with Crippen LogP contribution < -0.4 is 4.74 Å². The summed E-state index contributed by atoms with van der Waals surface area (Å²) in [5.74, 6) is 0.356. The number of ether oxygens (including phenoxy) is 1. The van der Waals surface area contributed by atoms with Crippen molar-refractivity contribution in [2.24, 2.45) is 5.92 Å². The van der Waals surface area contributed by atoms with Crippen molar-refractivity contribution in [3.63, 3.8) is 0 Å². The second kappa shape index (κ2) is 6.10. The molecule has 1 fully saturated rings. The number of aryl methyl sites for hydroxylation is 1. The molecule has 4 nitrogen and oxygen atoms in total. The van der Waals surface area contributed by atoms with E-state index < -0.39 is 10.0 Å². The highest BCUT2D eigenvalue weighted by molar-refractivity contribution is 7.88. The maximum Gasteiger partial charge on any atom is 0.211 e. The lowest BCUT2D eigenvalue weighted by atomic mass is 10.0. The Balaban J connectivity index is 1.95.